The average molecular weight is 307 g/mol. The van der Waals surface area contributed by atoms with Crippen LogP contribution in [-0.4, -0.2) is 23.0 Å². The molecule has 0 radical (unpaired) electrons. The van der Waals surface area contributed by atoms with Crippen LogP contribution in [0.4, 0.5) is 14.6 Å². The van der Waals surface area contributed by atoms with E-state index in [9.17, 15) is 13.6 Å². The van der Waals surface area contributed by atoms with Gasteiger partial charge in [-0.3, -0.25) is 0 Å². The zero-order valence-electron chi connectivity index (χ0n) is 12.2. The summed E-state index contributed by atoms with van der Waals surface area (Å²) < 4.78 is 32.3. The lowest BCUT2D eigenvalue weighted by molar-refractivity contribution is 0.0600. The standard InChI is InChI=1S/C15H15F2N3O2/c1-3-12-13(17)14(20-8-19-12)18-7-10-6-9(15(21)22-2)4-5-11(10)16/h4-6,8H,3,7H2,1-2H3,(H,18,19,20). The molecule has 116 valence electrons. The molecule has 0 atom stereocenters. The summed E-state index contributed by atoms with van der Waals surface area (Å²) in [7, 11) is 1.24. The first kappa shape index (κ1) is 15.8. The number of halogens is 2. The number of anilines is 1. The van der Waals surface area contributed by atoms with Gasteiger partial charge in [0.2, 0.25) is 0 Å². The van der Waals surface area contributed by atoms with E-state index in [1.807, 2.05) is 0 Å². The van der Waals surface area contributed by atoms with E-state index >= 15 is 0 Å². The predicted octanol–water partition coefficient (Wildman–Crippen LogP) is 2.72. The van der Waals surface area contributed by atoms with Crippen LogP contribution in [0.1, 0.15) is 28.5 Å². The van der Waals surface area contributed by atoms with E-state index in [1.165, 1.54) is 25.6 Å². The molecule has 0 aliphatic carbocycles. The van der Waals surface area contributed by atoms with E-state index in [0.717, 1.165) is 6.07 Å². The molecule has 0 aliphatic heterocycles. The normalized spacial score (nSPS) is 10.4. The van der Waals surface area contributed by atoms with Crippen LogP contribution in [0.2, 0.25) is 0 Å². The Morgan fingerprint density at radius 1 is 1.32 bits per heavy atom. The SMILES string of the molecule is CCc1ncnc(NCc2cc(C(=O)OC)ccc2F)c1F. The Balaban J connectivity index is 2.20. The van der Waals surface area contributed by atoms with Crippen LogP contribution in [0.3, 0.4) is 0 Å². The van der Waals surface area contributed by atoms with Crippen molar-refractivity contribution in [2.45, 2.75) is 19.9 Å². The molecular weight excluding hydrogens is 292 g/mol. The van der Waals surface area contributed by atoms with Crippen molar-refractivity contribution in [2.24, 2.45) is 0 Å². The van der Waals surface area contributed by atoms with Crippen molar-refractivity contribution in [2.75, 3.05) is 12.4 Å². The minimum absolute atomic E-state index is 0.00489. The number of hydrogen-bond acceptors (Lipinski definition) is 5. The highest BCUT2D eigenvalue weighted by molar-refractivity contribution is 5.89. The van der Waals surface area contributed by atoms with E-state index in [1.54, 1.807) is 6.92 Å². The number of carbonyl (C=O) groups is 1. The highest BCUT2D eigenvalue weighted by atomic mass is 19.1. The fourth-order valence-electron chi connectivity index (χ4n) is 1.91. The van der Waals surface area contributed by atoms with Gasteiger partial charge in [-0.2, -0.15) is 0 Å². The van der Waals surface area contributed by atoms with Crippen LogP contribution in [0.25, 0.3) is 0 Å². The quantitative estimate of drug-likeness (QED) is 0.861. The van der Waals surface area contributed by atoms with Crippen LogP contribution < -0.4 is 5.32 Å². The van der Waals surface area contributed by atoms with Crippen molar-refractivity contribution in [3.05, 3.63) is 53.0 Å². The average Bonchev–Trinajstić information content (AvgIpc) is 2.54. The zero-order valence-corrected chi connectivity index (χ0v) is 12.2. The van der Waals surface area contributed by atoms with Crippen molar-refractivity contribution in [3.8, 4) is 0 Å². The lowest BCUT2D eigenvalue weighted by Crippen LogP contribution is -2.09. The van der Waals surface area contributed by atoms with Crippen LogP contribution in [0.5, 0.6) is 0 Å². The number of esters is 1. The number of aryl methyl sites for hydroxylation is 1. The molecule has 0 saturated heterocycles. The number of rotatable bonds is 5. The minimum Gasteiger partial charge on any atom is -0.465 e. The van der Waals surface area contributed by atoms with Gasteiger partial charge in [-0.15, -0.1) is 0 Å². The second-order valence-electron chi connectivity index (χ2n) is 4.49. The van der Waals surface area contributed by atoms with Gasteiger partial charge in [0.05, 0.1) is 18.4 Å². The molecule has 5 nitrogen and oxygen atoms in total. The summed E-state index contributed by atoms with van der Waals surface area (Å²) in [6.07, 6.45) is 1.67. The lowest BCUT2D eigenvalue weighted by atomic mass is 10.1. The smallest absolute Gasteiger partial charge is 0.337 e. The number of carbonyl (C=O) groups excluding carboxylic acids is 1. The molecule has 0 fully saturated rings. The number of benzene rings is 1. The Morgan fingerprint density at radius 2 is 2.09 bits per heavy atom. The maximum atomic E-state index is 14.0. The molecule has 0 spiro atoms. The Morgan fingerprint density at radius 3 is 2.77 bits per heavy atom. The number of nitrogens with zero attached hydrogens (tertiary/aromatic N) is 2. The summed E-state index contributed by atoms with van der Waals surface area (Å²) in [5.41, 5.74) is 0.707. The van der Waals surface area contributed by atoms with Gasteiger partial charge in [0, 0.05) is 12.1 Å². The maximum Gasteiger partial charge on any atom is 0.337 e. The summed E-state index contributed by atoms with van der Waals surface area (Å²) in [6, 6.07) is 3.84. The molecule has 0 amide bonds. The summed E-state index contributed by atoms with van der Waals surface area (Å²) in [4.78, 5) is 19.1. The monoisotopic (exact) mass is 307 g/mol. The first-order valence-corrected chi connectivity index (χ1v) is 6.66. The topological polar surface area (TPSA) is 64.1 Å². The molecule has 0 unspecified atom stereocenters. The molecule has 2 aromatic rings. The molecule has 22 heavy (non-hydrogen) atoms. The number of ether oxygens (including phenoxy) is 1. The van der Waals surface area contributed by atoms with Gasteiger partial charge in [-0.25, -0.2) is 23.5 Å². The molecule has 1 aromatic carbocycles. The molecule has 2 rings (SSSR count). The van der Waals surface area contributed by atoms with Crippen molar-refractivity contribution in [1.29, 1.82) is 0 Å². The number of nitrogens with one attached hydrogen (secondary N) is 1. The van der Waals surface area contributed by atoms with E-state index in [2.05, 4.69) is 20.0 Å². The van der Waals surface area contributed by atoms with Crippen LogP contribution in [0, 0.1) is 11.6 Å². The van der Waals surface area contributed by atoms with Crippen LogP contribution >= 0.6 is 0 Å². The van der Waals surface area contributed by atoms with Gasteiger partial charge in [0.15, 0.2) is 11.6 Å². The van der Waals surface area contributed by atoms with Gasteiger partial charge >= 0.3 is 5.97 Å². The molecule has 1 N–H and O–H groups in total. The molecule has 0 aliphatic rings. The molecule has 1 aromatic heterocycles. The fourth-order valence-corrected chi connectivity index (χ4v) is 1.91. The second-order valence-corrected chi connectivity index (χ2v) is 4.49. The summed E-state index contributed by atoms with van der Waals surface area (Å²) in [5.74, 6) is -1.64. The molecule has 1 heterocycles. The summed E-state index contributed by atoms with van der Waals surface area (Å²) in [5, 5.41) is 2.71. The van der Waals surface area contributed by atoms with E-state index in [-0.39, 0.29) is 29.2 Å². The zero-order chi connectivity index (χ0) is 16.1. The van der Waals surface area contributed by atoms with E-state index < -0.39 is 17.6 Å². The third kappa shape index (κ3) is 3.36. The van der Waals surface area contributed by atoms with Gasteiger partial charge in [-0.05, 0) is 24.6 Å². The number of methoxy groups -OCH3 is 1. The first-order valence-electron chi connectivity index (χ1n) is 6.66. The Bertz CT molecular complexity index is 692. The van der Waals surface area contributed by atoms with Crippen molar-refractivity contribution < 1.29 is 18.3 Å². The highest BCUT2D eigenvalue weighted by Crippen LogP contribution is 2.17. The van der Waals surface area contributed by atoms with Crippen LogP contribution in [-0.2, 0) is 17.7 Å². The Hall–Kier alpha value is -2.57. The largest absolute Gasteiger partial charge is 0.465 e. The number of hydrogen-bond donors (Lipinski definition) is 1. The second kappa shape index (κ2) is 6.93. The first-order chi connectivity index (χ1) is 10.6. The number of aromatic nitrogens is 2. The molecule has 0 saturated carbocycles. The third-order valence-corrected chi connectivity index (χ3v) is 3.11. The maximum absolute atomic E-state index is 14.0. The van der Waals surface area contributed by atoms with E-state index in [0.29, 0.717) is 6.42 Å². The third-order valence-electron chi connectivity index (χ3n) is 3.11. The van der Waals surface area contributed by atoms with Crippen LogP contribution in [0.15, 0.2) is 24.5 Å². The van der Waals surface area contributed by atoms with Gasteiger partial charge in [0.1, 0.15) is 12.1 Å². The molecular formula is C15H15F2N3O2. The summed E-state index contributed by atoms with van der Waals surface area (Å²) in [6.45, 7) is 1.75. The summed E-state index contributed by atoms with van der Waals surface area (Å²) >= 11 is 0. The fraction of sp³-hybridized carbons (Fsp3) is 0.267. The van der Waals surface area contributed by atoms with E-state index in [4.69, 9.17) is 0 Å². The highest BCUT2D eigenvalue weighted by Gasteiger charge is 2.12. The van der Waals surface area contributed by atoms with Crippen molar-refractivity contribution in [3.63, 3.8) is 0 Å². The van der Waals surface area contributed by atoms with Gasteiger partial charge in [-0.1, -0.05) is 6.92 Å². The lowest BCUT2D eigenvalue weighted by Gasteiger charge is -2.10. The van der Waals surface area contributed by atoms with Gasteiger partial charge in [0.25, 0.3) is 0 Å². The minimum atomic E-state index is -0.567. The van der Waals surface area contributed by atoms with Crippen molar-refractivity contribution in [1.82, 2.24) is 9.97 Å². The molecule has 7 heteroatoms. The Kier molecular flexibility index (Phi) is 4.98. The predicted molar refractivity (Wildman–Crippen MR) is 76.4 cm³/mol. The Labute approximate surface area is 126 Å². The van der Waals surface area contributed by atoms with Gasteiger partial charge < -0.3 is 10.1 Å². The molecule has 0 bridgehead atoms. The van der Waals surface area contributed by atoms with Crippen molar-refractivity contribution >= 4 is 11.8 Å².